The molecular weight excluding hydrogens is 300 g/mol. The summed E-state index contributed by atoms with van der Waals surface area (Å²) in [6, 6.07) is 3.29. The van der Waals surface area contributed by atoms with Crippen molar-refractivity contribution in [3.05, 3.63) is 33.1 Å². The molecule has 7 heteroatoms. The summed E-state index contributed by atoms with van der Waals surface area (Å²) < 4.78 is 13.1. The molecule has 0 unspecified atom stereocenters. The van der Waals surface area contributed by atoms with Crippen molar-refractivity contribution in [2.75, 3.05) is 13.2 Å². The Bertz CT molecular complexity index is 507. The molecule has 0 aliphatic rings. The van der Waals surface area contributed by atoms with Crippen molar-refractivity contribution in [2.45, 2.75) is 58.7 Å². The van der Waals surface area contributed by atoms with E-state index in [9.17, 15) is 9.59 Å². The Balaban J connectivity index is 2.43. The molecule has 0 fully saturated rings. The van der Waals surface area contributed by atoms with E-state index < -0.39 is 8.56 Å². The van der Waals surface area contributed by atoms with Gasteiger partial charge in [0.2, 0.25) is 0 Å². The molecule has 0 aliphatic carbocycles. The molecule has 0 aliphatic heterocycles. The number of aromatic nitrogens is 2. The van der Waals surface area contributed by atoms with E-state index in [1.165, 1.54) is 16.8 Å². The fourth-order valence-electron chi connectivity index (χ4n) is 2.60. The molecule has 0 aromatic carbocycles. The molecule has 6 nitrogen and oxygen atoms in total. The molecule has 22 heavy (non-hydrogen) atoms. The van der Waals surface area contributed by atoms with E-state index in [-0.39, 0.29) is 11.2 Å². The van der Waals surface area contributed by atoms with Crippen molar-refractivity contribution in [3.63, 3.8) is 0 Å². The van der Waals surface area contributed by atoms with Gasteiger partial charge in [0.25, 0.3) is 5.56 Å². The smallest absolute Gasteiger partial charge is 0.337 e. The van der Waals surface area contributed by atoms with Crippen LogP contribution in [0.1, 0.15) is 40.0 Å². The minimum absolute atomic E-state index is 0.246. The molecule has 0 spiro atoms. The maximum Gasteiger partial charge on any atom is 0.337 e. The maximum atomic E-state index is 11.6. The van der Waals surface area contributed by atoms with Crippen LogP contribution in [-0.2, 0) is 15.4 Å². The van der Waals surface area contributed by atoms with E-state index >= 15 is 0 Å². The van der Waals surface area contributed by atoms with Gasteiger partial charge in [-0.05, 0) is 32.4 Å². The first-order valence-corrected chi connectivity index (χ1v) is 10.4. The van der Waals surface area contributed by atoms with Gasteiger partial charge in [0.1, 0.15) is 0 Å². The van der Waals surface area contributed by atoms with Crippen LogP contribution >= 0.6 is 0 Å². The molecule has 0 saturated heterocycles. The first-order chi connectivity index (χ1) is 10.6. The van der Waals surface area contributed by atoms with Crippen LogP contribution in [-0.4, -0.2) is 31.3 Å². The van der Waals surface area contributed by atoms with Crippen molar-refractivity contribution >= 4 is 8.56 Å². The van der Waals surface area contributed by atoms with Crippen molar-refractivity contribution in [3.8, 4) is 0 Å². The highest BCUT2D eigenvalue weighted by atomic mass is 28.4. The summed E-state index contributed by atoms with van der Waals surface area (Å²) in [5.41, 5.74) is -0.585. The minimum Gasteiger partial charge on any atom is -0.394 e. The third-order valence-electron chi connectivity index (χ3n) is 3.74. The Morgan fingerprint density at radius 2 is 1.77 bits per heavy atom. The first-order valence-electron chi connectivity index (χ1n) is 8.15. The number of unbranched alkanes of at least 4 members (excludes halogenated alkanes) is 2. The molecule has 1 aromatic rings. The van der Waals surface area contributed by atoms with Crippen molar-refractivity contribution in [1.29, 1.82) is 0 Å². The highest BCUT2D eigenvalue weighted by molar-refractivity contribution is 6.67. The van der Waals surface area contributed by atoms with E-state index in [2.05, 4.69) is 11.9 Å². The Morgan fingerprint density at radius 3 is 2.32 bits per heavy atom. The predicted molar refractivity (Wildman–Crippen MR) is 89.5 cm³/mol. The maximum absolute atomic E-state index is 11.6. The highest BCUT2D eigenvalue weighted by Crippen LogP contribution is 2.22. The average Bonchev–Trinajstić information content (AvgIpc) is 2.50. The van der Waals surface area contributed by atoms with Crippen LogP contribution in [0.3, 0.4) is 0 Å². The molecule has 126 valence electrons. The molecular formula is C15H28N2O4Si. The van der Waals surface area contributed by atoms with Crippen LogP contribution < -0.4 is 11.2 Å². The van der Waals surface area contributed by atoms with Gasteiger partial charge < -0.3 is 13.8 Å². The summed E-state index contributed by atoms with van der Waals surface area (Å²) >= 11 is 0. The second-order valence-corrected chi connectivity index (χ2v) is 8.82. The van der Waals surface area contributed by atoms with Crippen LogP contribution in [0.25, 0.3) is 0 Å². The Morgan fingerprint density at radius 1 is 1.09 bits per heavy atom. The van der Waals surface area contributed by atoms with E-state index in [1.807, 2.05) is 13.8 Å². The molecule has 0 atom stereocenters. The lowest BCUT2D eigenvalue weighted by Gasteiger charge is -2.28. The van der Waals surface area contributed by atoms with Gasteiger partial charge in [-0.2, -0.15) is 0 Å². The lowest BCUT2D eigenvalue weighted by Crippen LogP contribution is -2.41. The number of hydrogen-bond donors (Lipinski definition) is 1. The van der Waals surface area contributed by atoms with Gasteiger partial charge in [0.15, 0.2) is 0 Å². The number of nitrogens with one attached hydrogen (secondary N) is 1. The summed E-state index contributed by atoms with van der Waals surface area (Å²) in [7, 11) is -2.06. The first kappa shape index (κ1) is 18.9. The number of hydrogen-bond acceptors (Lipinski definition) is 4. The third-order valence-corrected chi connectivity index (χ3v) is 7.56. The van der Waals surface area contributed by atoms with Crippen LogP contribution in [0.2, 0.25) is 12.1 Å². The second-order valence-electron chi connectivity index (χ2n) is 5.21. The van der Waals surface area contributed by atoms with Gasteiger partial charge in [-0.3, -0.25) is 9.36 Å². The van der Waals surface area contributed by atoms with Gasteiger partial charge in [0.05, 0.1) is 0 Å². The van der Waals surface area contributed by atoms with Gasteiger partial charge in [-0.15, -0.1) is 0 Å². The summed E-state index contributed by atoms with van der Waals surface area (Å²) in [6.07, 6.45) is 4.14. The molecule has 1 rings (SSSR count). The fourth-order valence-corrected chi connectivity index (χ4v) is 5.57. The standard InChI is InChI=1S/C15H28N2O4Si/c1-4-20-22(6-3,21-5-2)13-9-7-8-12-17-14(18)10-11-16-15(17)19/h10-11H,4-9,12-13H2,1-3H3,(H,16,19). The average molecular weight is 328 g/mol. The van der Waals surface area contributed by atoms with E-state index in [0.717, 1.165) is 31.4 Å². The molecule has 1 heterocycles. The van der Waals surface area contributed by atoms with E-state index in [4.69, 9.17) is 8.85 Å². The molecule has 1 N–H and O–H groups in total. The zero-order valence-corrected chi connectivity index (χ0v) is 14.9. The zero-order valence-electron chi connectivity index (χ0n) is 13.9. The largest absolute Gasteiger partial charge is 0.394 e. The van der Waals surface area contributed by atoms with Crippen molar-refractivity contribution < 1.29 is 8.85 Å². The van der Waals surface area contributed by atoms with Gasteiger partial charge in [-0.25, -0.2) is 4.79 Å². The van der Waals surface area contributed by atoms with Gasteiger partial charge in [-0.1, -0.05) is 19.8 Å². The van der Waals surface area contributed by atoms with Gasteiger partial charge >= 0.3 is 14.3 Å². The number of aromatic amines is 1. The summed E-state index contributed by atoms with van der Waals surface area (Å²) in [5, 5.41) is 0. The third kappa shape index (κ3) is 5.55. The minimum atomic E-state index is -2.06. The van der Waals surface area contributed by atoms with Crippen molar-refractivity contribution in [1.82, 2.24) is 9.55 Å². The normalized spacial score (nSPS) is 11.8. The van der Waals surface area contributed by atoms with Crippen LogP contribution in [0.5, 0.6) is 0 Å². The zero-order chi connectivity index (χ0) is 16.4. The molecule has 0 amide bonds. The topological polar surface area (TPSA) is 73.3 Å². The SMILES string of the molecule is CCO[Si](CC)(CCCCCn1c(=O)cc[nH]c1=O)OCC. The summed E-state index contributed by atoms with van der Waals surface area (Å²) in [4.78, 5) is 25.7. The summed E-state index contributed by atoms with van der Waals surface area (Å²) in [5.74, 6) is 0. The second kappa shape index (κ2) is 9.76. The molecule has 0 saturated carbocycles. The number of nitrogens with zero attached hydrogens (tertiary/aromatic N) is 1. The molecule has 0 radical (unpaired) electrons. The number of rotatable bonds is 11. The lowest BCUT2D eigenvalue weighted by atomic mass is 10.2. The Kier molecular flexibility index (Phi) is 8.37. The quantitative estimate of drug-likeness (QED) is 0.499. The van der Waals surface area contributed by atoms with Crippen LogP contribution in [0.4, 0.5) is 0 Å². The Hall–Kier alpha value is -1.18. The Labute approximate surface area is 132 Å². The van der Waals surface area contributed by atoms with Gasteiger partial charge in [0, 0.05) is 32.0 Å². The monoisotopic (exact) mass is 328 g/mol. The van der Waals surface area contributed by atoms with E-state index in [1.54, 1.807) is 0 Å². The summed E-state index contributed by atoms with van der Waals surface area (Å²) in [6.45, 7) is 7.97. The molecule has 1 aromatic heterocycles. The number of H-pyrrole nitrogens is 1. The van der Waals surface area contributed by atoms with Crippen LogP contribution in [0.15, 0.2) is 21.9 Å². The highest BCUT2D eigenvalue weighted by Gasteiger charge is 2.34. The van der Waals surface area contributed by atoms with Crippen molar-refractivity contribution in [2.24, 2.45) is 0 Å². The van der Waals surface area contributed by atoms with E-state index in [0.29, 0.717) is 19.8 Å². The van der Waals surface area contributed by atoms with Crippen LogP contribution in [0, 0.1) is 0 Å². The fraction of sp³-hybridized carbons (Fsp3) is 0.733. The predicted octanol–water partition coefficient (Wildman–Crippen LogP) is 2.24. The lowest BCUT2D eigenvalue weighted by molar-refractivity contribution is 0.182. The molecule has 0 bridgehead atoms.